The van der Waals surface area contributed by atoms with Crippen molar-refractivity contribution in [2.45, 2.75) is 32.4 Å². The topological polar surface area (TPSA) is 66.9 Å². The summed E-state index contributed by atoms with van der Waals surface area (Å²) in [4.78, 5) is 20.5. The second kappa shape index (κ2) is 5.91. The smallest absolute Gasteiger partial charge is 0.270 e. The van der Waals surface area contributed by atoms with Crippen molar-refractivity contribution >= 4 is 11.9 Å². The third-order valence-corrected chi connectivity index (χ3v) is 3.33. The van der Waals surface area contributed by atoms with Crippen molar-refractivity contribution in [1.82, 2.24) is 15.3 Å². The number of hydrogen-bond acceptors (Lipinski definition) is 4. The number of nitrogens with zero attached hydrogens (tertiary/aromatic N) is 2. The van der Waals surface area contributed by atoms with Crippen molar-refractivity contribution in [1.29, 1.82) is 0 Å². The van der Waals surface area contributed by atoms with Crippen LogP contribution in [0.4, 0.5) is 5.95 Å². The van der Waals surface area contributed by atoms with E-state index in [0.717, 1.165) is 18.4 Å². The molecule has 1 aliphatic rings. The van der Waals surface area contributed by atoms with Gasteiger partial charge in [-0.05, 0) is 31.4 Å². The maximum Gasteiger partial charge on any atom is 0.270 e. The highest BCUT2D eigenvalue weighted by Crippen LogP contribution is 2.22. The number of rotatable bonds is 5. The van der Waals surface area contributed by atoms with Crippen molar-refractivity contribution < 1.29 is 4.79 Å². The number of hydrogen-bond donors (Lipinski definition) is 2. The lowest BCUT2D eigenvalue weighted by Crippen LogP contribution is -2.24. The molecular weight excluding hydrogens is 264 g/mol. The van der Waals surface area contributed by atoms with Gasteiger partial charge in [-0.25, -0.2) is 9.97 Å². The molecule has 2 N–H and O–H groups in total. The molecule has 3 rings (SSSR count). The van der Waals surface area contributed by atoms with E-state index in [1.54, 1.807) is 12.3 Å². The van der Waals surface area contributed by atoms with E-state index < -0.39 is 0 Å². The Kier molecular flexibility index (Phi) is 3.81. The van der Waals surface area contributed by atoms with Gasteiger partial charge in [-0.2, -0.15) is 0 Å². The van der Waals surface area contributed by atoms with E-state index in [-0.39, 0.29) is 5.91 Å². The maximum atomic E-state index is 12.1. The van der Waals surface area contributed by atoms with Crippen LogP contribution in [0, 0.1) is 6.92 Å². The van der Waals surface area contributed by atoms with Crippen LogP contribution in [-0.4, -0.2) is 21.9 Å². The van der Waals surface area contributed by atoms with Crippen molar-refractivity contribution in [3.8, 4) is 0 Å². The molecule has 0 spiro atoms. The largest absolute Gasteiger partial charge is 0.351 e. The fraction of sp³-hybridized carbons (Fsp3) is 0.312. The lowest BCUT2D eigenvalue weighted by Gasteiger charge is -2.07. The predicted octanol–water partition coefficient (Wildman–Crippen LogP) is 2.29. The minimum absolute atomic E-state index is 0.183. The van der Waals surface area contributed by atoms with Gasteiger partial charge in [0.25, 0.3) is 5.91 Å². The molecule has 21 heavy (non-hydrogen) atoms. The first-order valence-electron chi connectivity index (χ1n) is 7.14. The van der Waals surface area contributed by atoms with Crippen LogP contribution in [-0.2, 0) is 6.54 Å². The molecule has 1 fully saturated rings. The first kappa shape index (κ1) is 13.5. The third-order valence-electron chi connectivity index (χ3n) is 3.33. The zero-order valence-electron chi connectivity index (χ0n) is 12.0. The number of benzene rings is 1. The Hall–Kier alpha value is -2.43. The zero-order valence-corrected chi connectivity index (χ0v) is 12.0. The monoisotopic (exact) mass is 282 g/mol. The Labute approximate surface area is 123 Å². The van der Waals surface area contributed by atoms with Gasteiger partial charge in [0.2, 0.25) is 5.95 Å². The molecule has 108 valence electrons. The third kappa shape index (κ3) is 3.78. The standard InChI is InChI=1S/C16H18N4O/c1-11-3-2-4-12(9-11)10-18-15(21)14-7-8-17-16(20-14)19-13-5-6-13/h2-4,7-9,13H,5-6,10H2,1H3,(H,18,21)(H,17,19,20). The molecule has 0 atom stereocenters. The van der Waals surface area contributed by atoms with E-state index in [1.807, 2.05) is 25.1 Å². The van der Waals surface area contributed by atoms with Crippen LogP contribution < -0.4 is 10.6 Å². The van der Waals surface area contributed by atoms with Gasteiger partial charge in [-0.1, -0.05) is 29.8 Å². The summed E-state index contributed by atoms with van der Waals surface area (Å²) < 4.78 is 0. The number of aryl methyl sites for hydroxylation is 1. The highest BCUT2D eigenvalue weighted by Gasteiger charge is 2.22. The van der Waals surface area contributed by atoms with Crippen LogP contribution in [0.3, 0.4) is 0 Å². The molecule has 1 heterocycles. The Bertz CT molecular complexity index is 652. The second-order valence-electron chi connectivity index (χ2n) is 5.36. The van der Waals surface area contributed by atoms with Crippen molar-refractivity contribution in [3.63, 3.8) is 0 Å². The lowest BCUT2D eigenvalue weighted by molar-refractivity contribution is 0.0946. The number of amides is 1. The first-order chi connectivity index (χ1) is 10.2. The van der Waals surface area contributed by atoms with Gasteiger partial charge in [-0.3, -0.25) is 4.79 Å². The Morgan fingerprint density at radius 2 is 2.19 bits per heavy atom. The van der Waals surface area contributed by atoms with Gasteiger partial charge in [-0.15, -0.1) is 0 Å². The van der Waals surface area contributed by atoms with Crippen LogP contribution >= 0.6 is 0 Å². The predicted molar refractivity (Wildman–Crippen MR) is 81.0 cm³/mol. The van der Waals surface area contributed by atoms with Crippen LogP contribution in [0.5, 0.6) is 0 Å². The fourth-order valence-electron chi connectivity index (χ4n) is 2.06. The molecule has 1 aromatic carbocycles. The number of nitrogens with one attached hydrogen (secondary N) is 2. The summed E-state index contributed by atoms with van der Waals surface area (Å²) in [6.45, 7) is 2.53. The Morgan fingerprint density at radius 3 is 2.95 bits per heavy atom. The van der Waals surface area contributed by atoms with Gasteiger partial charge in [0, 0.05) is 18.8 Å². The number of carbonyl (C=O) groups is 1. The highest BCUT2D eigenvalue weighted by molar-refractivity contribution is 5.92. The Morgan fingerprint density at radius 1 is 1.33 bits per heavy atom. The molecule has 1 amide bonds. The van der Waals surface area contributed by atoms with Gasteiger partial charge in [0.15, 0.2) is 0 Å². The summed E-state index contributed by atoms with van der Waals surface area (Å²) in [5.41, 5.74) is 2.65. The summed E-state index contributed by atoms with van der Waals surface area (Å²) in [7, 11) is 0. The normalized spacial score (nSPS) is 13.8. The molecule has 5 heteroatoms. The minimum Gasteiger partial charge on any atom is -0.351 e. The molecule has 2 aromatic rings. The molecular formula is C16H18N4O. The van der Waals surface area contributed by atoms with E-state index in [4.69, 9.17) is 0 Å². The quantitative estimate of drug-likeness (QED) is 0.883. The SMILES string of the molecule is Cc1cccc(CNC(=O)c2ccnc(NC3CC3)n2)c1. The molecule has 1 saturated carbocycles. The van der Waals surface area contributed by atoms with Gasteiger partial charge in [0.05, 0.1) is 0 Å². The van der Waals surface area contributed by atoms with Crippen LogP contribution in [0.15, 0.2) is 36.5 Å². The fourth-order valence-corrected chi connectivity index (χ4v) is 2.06. The summed E-state index contributed by atoms with van der Waals surface area (Å²) in [6, 6.07) is 10.2. The van der Waals surface area contributed by atoms with E-state index in [1.165, 1.54) is 5.56 Å². The summed E-state index contributed by atoms with van der Waals surface area (Å²) in [6.07, 6.45) is 3.90. The van der Waals surface area contributed by atoms with Gasteiger partial charge >= 0.3 is 0 Å². The average molecular weight is 282 g/mol. The van der Waals surface area contributed by atoms with Crippen LogP contribution in [0.2, 0.25) is 0 Å². The van der Waals surface area contributed by atoms with E-state index in [9.17, 15) is 4.79 Å². The van der Waals surface area contributed by atoms with Gasteiger partial charge < -0.3 is 10.6 Å². The van der Waals surface area contributed by atoms with E-state index in [0.29, 0.717) is 24.2 Å². The van der Waals surface area contributed by atoms with Crippen molar-refractivity contribution in [3.05, 3.63) is 53.3 Å². The minimum atomic E-state index is -0.183. The van der Waals surface area contributed by atoms with E-state index >= 15 is 0 Å². The molecule has 0 bridgehead atoms. The number of aromatic nitrogens is 2. The Balaban J connectivity index is 1.61. The number of anilines is 1. The zero-order chi connectivity index (χ0) is 14.7. The summed E-state index contributed by atoms with van der Waals surface area (Å²) >= 11 is 0. The van der Waals surface area contributed by atoms with Crippen LogP contribution in [0.25, 0.3) is 0 Å². The summed E-state index contributed by atoms with van der Waals surface area (Å²) in [5.74, 6) is 0.346. The first-order valence-corrected chi connectivity index (χ1v) is 7.14. The average Bonchev–Trinajstić information content (AvgIpc) is 3.29. The second-order valence-corrected chi connectivity index (χ2v) is 5.36. The highest BCUT2D eigenvalue weighted by atomic mass is 16.1. The summed E-state index contributed by atoms with van der Waals surface area (Å²) in [5, 5.41) is 6.07. The van der Waals surface area contributed by atoms with Crippen LogP contribution in [0.1, 0.15) is 34.5 Å². The molecule has 1 aromatic heterocycles. The lowest BCUT2D eigenvalue weighted by atomic mass is 10.1. The molecule has 0 saturated heterocycles. The molecule has 0 unspecified atom stereocenters. The molecule has 5 nitrogen and oxygen atoms in total. The van der Waals surface area contributed by atoms with Crippen molar-refractivity contribution in [2.75, 3.05) is 5.32 Å². The van der Waals surface area contributed by atoms with Gasteiger partial charge in [0.1, 0.15) is 5.69 Å². The maximum absolute atomic E-state index is 12.1. The molecule has 0 aliphatic heterocycles. The molecule has 0 radical (unpaired) electrons. The van der Waals surface area contributed by atoms with E-state index in [2.05, 4.69) is 26.7 Å². The van der Waals surface area contributed by atoms with Crippen molar-refractivity contribution in [2.24, 2.45) is 0 Å². The molecule has 1 aliphatic carbocycles. The number of carbonyl (C=O) groups excluding carboxylic acids is 1.